The van der Waals surface area contributed by atoms with Crippen molar-refractivity contribution in [3.8, 4) is 11.5 Å². The van der Waals surface area contributed by atoms with Crippen molar-refractivity contribution in [2.24, 2.45) is 0 Å². The number of hydrogen-bond acceptors (Lipinski definition) is 4. The Hall–Kier alpha value is -3.87. The minimum absolute atomic E-state index is 0.129. The standard InChI is InChI=1S/C28H31FN2O4/c1-20(22-8-5-4-6-9-22)31(28(33)23-10-7-11-24(29)19-23)17-15-27(32)30-16-14-21-12-13-25(34-2)26(18-21)35-3/h4-13,18-20H,14-17H2,1-3H3,(H,30,32). The van der Waals surface area contributed by atoms with Crippen molar-refractivity contribution in [3.05, 3.63) is 95.3 Å². The number of halogens is 1. The quantitative estimate of drug-likeness (QED) is 0.430. The summed E-state index contributed by atoms with van der Waals surface area (Å²) in [5.74, 6) is 0.325. The highest BCUT2D eigenvalue weighted by molar-refractivity contribution is 5.94. The van der Waals surface area contributed by atoms with Crippen molar-refractivity contribution in [2.75, 3.05) is 27.3 Å². The second-order valence-electron chi connectivity index (χ2n) is 8.13. The highest BCUT2D eigenvalue weighted by Gasteiger charge is 2.23. The molecule has 6 nitrogen and oxygen atoms in total. The van der Waals surface area contributed by atoms with E-state index in [9.17, 15) is 14.0 Å². The van der Waals surface area contributed by atoms with Crippen LogP contribution in [0.4, 0.5) is 4.39 Å². The Bertz CT molecular complexity index is 1140. The smallest absolute Gasteiger partial charge is 0.254 e. The van der Waals surface area contributed by atoms with Gasteiger partial charge in [-0.1, -0.05) is 42.5 Å². The van der Waals surface area contributed by atoms with Gasteiger partial charge in [0.25, 0.3) is 5.91 Å². The lowest BCUT2D eigenvalue weighted by atomic mass is 10.0. The second-order valence-corrected chi connectivity index (χ2v) is 8.13. The normalized spacial score (nSPS) is 11.4. The van der Waals surface area contributed by atoms with E-state index in [2.05, 4.69) is 5.32 Å². The third-order valence-electron chi connectivity index (χ3n) is 5.85. The molecule has 0 aliphatic rings. The van der Waals surface area contributed by atoms with Crippen LogP contribution in [0.3, 0.4) is 0 Å². The zero-order chi connectivity index (χ0) is 25.2. The first-order valence-corrected chi connectivity index (χ1v) is 11.5. The molecule has 0 heterocycles. The number of nitrogens with zero attached hydrogens (tertiary/aromatic N) is 1. The van der Waals surface area contributed by atoms with Gasteiger partial charge in [0.15, 0.2) is 11.5 Å². The van der Waals surface area contributed by atoms with Gasteiger partial charge in [0.05, 0.1) is 20.3 Å². The van der Waals surface area contributed by atoms with Crippen LogP contribution in [0.1, 0.15) is 40.9 Å². The van der Waals surface area contributed by atoms with Crippen molar-refractivity contribution in [2.45, 2.75) is 25.8 Å². The highest BCUT2D eigenvalue weighted by Crippen LogP contribution is 2.27. The molecular weight excluding hydrogens is 447 g/mol. The number of methoxy groups -OCH3 is 2. The summed E-state index contributed by atoms with van der Waals surface area (Å²) in [7, 11) is 3.16. The molecule has 0 saturated carbocycles. The van der Waals surface area contributed by atoms with Gasteiger partial charge in [-0.25, -0.2) is 4.39 Å². The van der Waals surface area contributed by atoms with Crippen molar-refractivity contribution in [1.82, 2.24) is 10.2 Å². The molecule has 0 bridgehead atoms. The lowest BCUT2D eigenvalue weighted by Crippen LogP contribution is -2.37. The van der Waals surface area contributed by atoms with Crippen LogP contribution in [0, 0.1) is 5.82 Å². The summed E-state index contributed by atoms with van der Waals surface area (Å²) in [5, 5.41) is 2.91. The minimum Gasteiger partial charge on any atom is -0.493 e. The van der Waals surface area contributed by atoms with E-state index in [1.807, 2.05) is 55.5 Å². The van der Waals surface area contributed by atoms with Crippen LogP contribution in [0.25, 0.3) is 0 Å². The van der Waals surface area contributed by atoms with Crippen LogP contribution in [-0.2, 0) is 11.2 Å². The minimum atomic E-state index is -0.476. The van der Waals surface area contributed by atoms with E-state index >= 15 is 0 Å². The monoisotopic (exact) mass is 478 g/mol. The first-order chi connectivity index (χ1) is 16.9. The fourth-order valence-electron chi connectivity index (χ4n) is 3.86. The number of ether oxygens (including phenoxy) is 2. The number of carbonyl (C=O) groups excluding carboxylic acids is 2. The van der Waals surface area contributed by atoms with Crippen LogP contribution in [0.15, 0.2) is 72.8 Å². The number of benzene rings is 3. The maximum absolute atomic E-state index is 13.7. The number of nitrogens with one attached hydrogen (secondary N) is 1. The predicted octanol–water partition coefficient (Wildman–Crippen LogP) is 4.80. The summed E-state index contributed by atoms with van der Waals surface area (Å²) in [4.78, 5) is 27.4. The average molecular weight is 479 g/mol. The summed E-state index contributed by atoms with van der Waals surface area (Å²) >= 11 is 0. The lowest BCUT2D eigenvalue weighted by Gasteiger charge is -2.30. The topological polar surface area (TPSA) is 67.9 Å². The van der Waals surface area contributed by atoms with Crippen LogP contribution in [0.2, 0.25) is 0 Å². The zero-order valence-corrected chi connectivity index (χ0v) is 20.3. The number of rotatable bonds is 11. The van der Waals surface area contributed by atoms with Gasteiger partial charge < -0.3 is 19.7 Å². The van der Waals surface area contributed by atoms with Crippen molar-refractivity contribution < 1.29 is 23.5 Å². The van der Waals surface area contributed by atoms with Gasteiger partial charge in [0.2, 0.25) is 5.91 Å². The molecule has 2 amide bonds. The molecule has 0 fully saturated rings. The summed E-state index contributed by atoms with van der Waals surface area (Å²) in [5.41, 5.74) is 2.19. The number of amides is 2. The Morgan fingerprint density at radius 3 is 2.37 bits per heavy atom. The molecule has 0 spiro atoms. The largest absolute Gasteiger partial charge is 0.493 e. The Balaban J connectivity index is 1.62. The molecule has 1 atom stereocenters. The van der Waals surface area contributed by atoms with E-state index in [4.69, 9.17) is 9.47 Å². The molecular formula is C28H31FN2O4. The fourth-order valence-corrected chi connectivity index (χ4v) is 3.86. The molecule has 1 N–H and O–H groups in total. The molecule has 0 aromatic heterocycles. The van der Waals surface area contributed by atoms with Crippen molar-refractivity contribution in [3.63, 3.8) is 0 Å². The summed E-state index contributed by atoms with van der Waals surface area (Å²) in [6.07, 6.45) is 0.753. The highest BCUT2D eigenvalue weighted by atomic mass is 19.1. The molecule has 3 aromatic carbocycles. The molecule has 184 valence electrons. The molecule has 0 radical (unpaired) electrons. The zero-order valence-electron chi connectivity index (χ0n) is 20.3. The van der Waals surface area contributed by atoms with E-state index in [1.54, 1.807) is 25.2 Å². The Morgan fingerprint density at radius 2 is 1.69 bits per heavy atom. The van der Waals surface area contributed by atoms with E-state index in [1.165, 1.54) is 18.2 Å². The van der Waals surface area contributed by atoms with E-state index < -0.39 is 5.82 Å². The molecule has 3 rings (SSSR count). The third kappa shape index (κ3) is 7.06. The van der Waals surface area contributed by atoms with Gasteiger partial charge in [-0.05, 0) is 54.8 Å². The summed E-state index contributed by atoms with van der Waals surface area (Å²) < 4.78 is 24.3. The van der Waals surface area contributed by atoms with Crippen LogP contribution in [-0.4, -0.2) is 44.0 Å². The van der Waals surface area contributed by atoms with Gasteiger partial charge in [-0.2, -0.15) is 0 Å². The van der Waals surface area contributed by atoms with Gasteiger partial charge in [-0.15, -0.1) is 0 Å². The van der Waals surface area contributed by atoms with E-state index in [0.717, 1.165) is 11.1 Å². The second kappa shape index (κ2) is 12.6. The number of hydrogen-bond donors (Lipinski definition) is 1. The van der Waals surface area contributed by atoms with Crippen molar-refractivity contribution in [1.29, 1.82) is 0 Å². The molecule has 0 aliphatic carbocycles. The van der Waals surface area contributed by atoms with Gasteiger partial charge in [-0.3, -0.25) is 9.59 Å². The summed E-state index contributed by atoms with van der Waals surface area (Å²) in [6.45, 7) is 2.55. The Kier molecular flexibility index (Phi) is 9.23. The fraction of sp³-hybridized carbons (Fsp3) is 0.286. The Morgan fingerprint density at radius 1 is 0.943 bits per heavy atom. The molecule has 7 heteroatoms. The average Bonchev–Trinajstić information content (AvgIpc) is 2.88. The van der Waals surface area contributed by atoms with Gasteiger partial charge in [0, 0.05) is 25.1 Å². The first kappa shape index (κ1) is 25.7. The van der Waals surface area contributed by atoms with E-state index in [-0.39, 0.29) is 36.4 Å². The van der Waals surface area contributed by atoms with Crippen LogP contribution >= 0.6 is 0 Å². The maximum Gasteiger partial charge on any atom is 0.254 e. The molecule has 3 aromatic rings. The van der Waals surface area contributed by atoms with Crippen LogP contribution in [0.5, 0.6) is 11.5 Å². The van der Waals surface area contributed by atoms with E-state index in [0.29, 0.717) is 24.5 Å². The van der Waals surface area contributed by atoms with Crippen LogP contribution < -0.4 is 14.8 Å². The first-order valence-electron chi connectivity index (χ1n) is 11.5. The maximum atomic E-state index is 13.7. The molecule has 35 heavy (non-hydrogen) atoms. The van der Waals surface area contributed by atoms with Gasteiger partial charge >= 0.3 is 0 Å². The molecule has 0 aliphatic heterocycles. The Labute approximate surface area is 205 Å². The predicted molar refractivity (Wildman–Crippen MR) is 133 cm³/mol. The number of carbonyl (C=O) groups is 2. The molecule has 0 saturated heterocycles. The third-order valence-corrected chi connectivity index (χ3v) is 5.85. The summed E-state index contributed by atoms with van der Waals surface area (Å²) in [6, 6.07) is 20.5. The SMILES string of the molecule is COc1ccc(CCNC(=O)CCN(C(=O)c2cccc(F)c2)C(C)c2ccccc2)cc1OC. The molecule has 1 unspecified atom stereocenters. The van der Waals surface area contributed by atoms with Crippen molar-refractivity contribution >= 4 is 11.8 Å². The lowest BCUT2D eigenvalue weighted by molar-refractivity contribution is -0.121. The van der Waals surface area contributed by atoms with Gasteiger partial charge in [0.1, 0.15) is 5.82 Å².